The van der Waals surface area contributed by atoms with Gasteiger partial charge in [0, 0.05) is 35.0 Å². The van der Waals surface area contributed by atoms with Gasteiger partial charge in [-0.1, -0.05) is 31.9 Å². The molecule has 4 nitrogen and oxygen atoms in total. The molecule has 23 heavy (non-hydrogen) atoms. The van der Waals surface area contributed by atoms with Crippen molar-refractivity contribution in [2.45, 2.75) is 19.4 Å². The highest BCUT2D eigenvalue weighted by Gasteiger charge is 2.33. The van der Waals surface area contributed by atoms with Crippen LogP contribution in [0, 0.1) is 0 Å². The number of alkyl halides is 1. The number of ether oxygens (including phenoxy) is 1. The molecule has 124 valence electrons. The van der Waals surface area contributed by atoms with E-state index in [1.54, 1.807) is 0 Å². The molecular formula is C17H20Br2N2O2. The van der Waals surface area contributed by atoms with E-state index in [1.165, 1.54) is 0 Å². The van der Waals surface area contributed by atoms with Crippen molar-refractivity contribution in [2.24, 2.45) is 0 Å². The van der Waals surface area contributed by atoms with Crippen LogP contribution < -0.4 is 4.74 Å². The molecular weight excluding hydrogens is 424 g/mol. The Kier molecular flexibility index (Phi) is 4.85. The molecule has 0 N–H and O–H groups in total. The molecule has 2 aliphatic rings. The second-order valence-electron chi connectivity index (χ2n) is 6.39. The van der Waals surface area contributed by atoms with Crippen molar-refractivity contribution >= 4 is 43.5 Å². The van der Waals surface area contributed by atoms with E-state index >= 15 is 0 Å². The van der Waals surface area contributed by atoms with Gasteiger partial charge in [0.05, 0.1) is 12.2 Å². The van der Waals surface area contributed by atoms with Crippen molar-refractivity contribution in [3.8, 4) is 5.75 Å². The molecule has 0 spiro atoms. The molecule has 6 heteroatoms. The van der Waals surface area contributed by atoms with E-state index in [1.807, 2.05) is 36.9 Å². The molecule has 0 aromatic heterocycles. The SMILES string of the molecule is CC1(C)C=C(N2CCN(CCBr)CC2=O)c2cc(Br)ccc2O1. The van der Waals surface area contributed by atoms with Crippen molar-refractivity contribution in [1.29, 1.82) is 0 Å². The number of nitrogens with zero attached hydrogens (tertiary/aromatic N) is 2. The van der Waals surface area contributed by atoms with Crippen molar-refractivity contribution in [3.05, 3.63) is 34.3 Å². The molecule has 0 radical (unpaired) electrons. The van der Waals surface area contributed by atoms with E-state index in [2.05, 4.69) is 42.8 Å². The van der Waals surface area contributed by atoms with Crippen LogP contribution in [-0.4, -0.2) is 52.8 Å². The number of carbonyl (C=O) groups excluding carboxylic acids is 1. The van der Waals surface area contributed by atoms with E-state index in [0.717, 1.165) is 39.9 Å². The van der Waals surface area contributed by atoms with Crippen LogP contribution >= 0.6 is 31.9 Å². The maximum absolute atomic E-state index is 12.7. The van der Waals surface area contributed by atoms with Crippen LogP contribution in [0.4, 0.5) is 0 Å². The highest BCUT2D eigenvalue weighted by atomic mass is 79.9. The monoisotopic (exact) mass is 442 g/mol. The Morgan fingerprint density at radius 1 is 1.30 bits per heavy atom. The number of benzene rings is 1. The zero-order valence-electron chi connectivity index (χ0n) is 13.3. The van der Waals surface area contributed by atoms with E-state index in [-0.39, 0.29) is 5.91 Å². The Labute approximate surface area is 153 Å². The summed E-state index contributed by atoms with van der Waals surface area (Å²) in [6, 6.07) is 5.95. The summed E-state index contributed by atoms with van der Waals surface area (Å²) in [6.45, 7) is 7.00. The summed E-state index contributed by atoms with van der Waals surface area (Å²) in [5.74, 6) is 0.971. The van der Waals surface area contributed by atoms with Gasteiger partial charge in [-0.15, -0.1) is 0 Å². The minimum Gasteiger partial charge on any atom is -0.483 e. The molecule has 0 unspecified atom stereocenters. The van der Waals surface area contributed by atoms with Gasteiger partial charge in [0.2, 0.25) is 5.91 Å². The van der Waals surface area contributed by atoms with Gasteiger partial charge in [-0.05, 0) is 38.1 Å². The number of halogens is 2. The molecule has 1 saturated heterocycles. The maximum atomic E-state index is 12.7. The summed E-state index contributed by atoms with van der Waals surface area (Å²) in [5, 5.41) is 0.889. The fraction of sp³-hybridized carbons (Fsp3) is 0.471. The quantitative estimate of drug-likeness (QED) is 0.670. The Balaban J connectivity index is 1.93. The van der Waals surface area contributed by atoms with Gasteiger partial charge in [-0.3, -0.25) is 9.69 Å². The second-order valence-corrected chi connectivity index (χ2v) is 8.09. The van der Waals surface area contributed by atoms with Crippen molar-refractivity contribution in [2.75, 3.05) is 31.5 Å². The summed E-state index contributed by atoms with van der Waals surface area (Å²) < 4.78 is 7.02. The number of hydrogen-bond donors (Lipinski definition) is 0. The lowest BCUT2D eigenvalue weighted by molar-refractivity contribution is -0.132. The van der Waals surface area contributed by atoms with Crippen LogP contribution in [0.25, 0.3) is 5.70 Å². The molecule has 2 aliphatic heterocycles. The molecule has 2 heterocycles. The first-order chi connectivity index (χ1) is 10.9. The Bertz CT molecular complexity index is 658. The fourth-order valence-electron chi connectivity index (χ4n) is 3.02. The Morgan fingerprint density at radius 2 is 2.09 bits per heavy atom. The number of amides is 1. The second kappa shape index (κ2) is 6.57. The van der Waals surface area contributed by atoms with Gasteiger partial charge in [-0.2, -0.15) is 0 Å². The van der Waals surface area contributed by atoms with Crippen LogP contribution in [0.15, 0.2) is 28.7 Å². The first-order valence-electron chi connectivity index (χ1n) is 7.70. The van der Waals surface area contributed by atoms with Crippen molar-refractivity contribution in [1.82, 2.24) is 9.80 Å². The van der Waals surface area contributed by atoms with E-state index in [9.17, 15) is 4.79 Å². The highest BCUT2D eigenvalue weighted by Crippen LogP contribution is 2.39. The molecule has 3 rings (SSSR count). The Hall–Kier alpha value is -0.850. The summed E-state index contributed by atoms with van der Waals surface area (Å²) in [5.41, 5.74) is 1.51. The molecule has 1 amide bonds. The average molecular weight is 444 g/mol. The predicted molar refractivity (Wildman–Crippen MR) is 98.8 cm³/mol. The molecule has 1 aromatic rings. The number of piperazine rings is 1. The lowest BCUT2D eigenvalue weighted by atomic mass is 9.98. The van der Waals surface area contributed by atoms with Gasteiger partial charge in [-0.25, -0.2) is 0 Å². The van der Waals surface area contributed by atoms with Crippen LogP contribution in [0.3, 0.4) is 0 Å². The van der Waals surface area contributed by atoms with E-state index in [0.29, 0.717) is 13.1 Å². The third-order valence-corrected chi connectivity index (χ3v) is 4.91. The molecule has 0 aliphatic carbocycles. The minimum atomic E-state index is -0.427. The predicted octanol–water partition coefficient (Wildman–Crippen LogP) is 3.50. The van der Waals surface area contributed by atoms with Gasteiger partial charge in [0.25, 0.3) is 0 Å². The molecule has 1 fully saturated rings. The largest absolute Gasteiger partial charge is 0.483 e. The summed E-state index contributed by atoms with van der Waals surface area (Å²) in [6.07, 6.45) is 2.06. The van der Waals surface area contributed by atoms with Crippen LogP contribution in [0.5, 0.6) is 5.75 Å². The first kappa shape index (κ1) is 17.0. The number of carbonyl (C=O) groups is 1. The molecule has 0 saturated carbocycles. The normalized spacial score (nSPS) is 20.8. The van der Waals surface area contributed by atoms with Crippen LogP contribution in [0.1, 0.15) is 19.4 Å². The van der Waals surface area contributed by atoms with Crippen molar-refractivity contribution < 1.29 is 9.53 Å². The summed E-state index contributed by atoms with van der Waals surface area (Å²) in [4.78, 5) is 16.7. The number of fused-ring (bicyclic) bond motifs is 1. The molecule has 0 atom stereocenters. The van der Waals surface area contributed by atoms with E-state index < -0.39 is 5.60 Å². The third-order valence-electron chi connectivity index (χ3n) is 4.07. The van der Waals surface area contributed by atoms with Gasteiger partial charge < -0.3 is 9.64 Å². The first-order valence-corrected chi connectivity index (χ1v) is 9.61. The number of hydrogen-bond acceptors (Lipinski definition) is 3. The standard InChI is InChI=1S/C17H20Br2N2O2/c1-17(2)10-14(13-9-12(19)3-4-15(13)23-17)21-8-7-20(6-5-18)11-16(21)22/h3-4,9-10H,5-8,11H2,1-2H3. The topological polar surface area (TPSA) is 32.8 Å². The van der Waals surface area contributed by atoms with Gasteiger partial charge in [0.1, 0.15) is 11.4 Å². The van der Waals surface area contributed by atoms with Crippen LogP contribution in [-0.2, 0) is 4.79 Å². The average Bonchev–Trinajstić information content (AvgIpc) is 2.47. The fourth-order valence-corrected chi connectivity index (χ4v) is 3.88. The maximum Gasteiger partial charge on any atom is 0.241 e. The molecule has 0 bridgehead atoms. The Morgan fingerprint density at radius 3 is 2.78 bits per heavy atom. The highest BCUT2D eigenvalue weighted by molar-refractivity contribution is 9.10. The summed E-state index contributed by atoms with van der Waals surface area (Å²) in [7, 11) is 0. The van der Waals surface area contributed by atoms with E-state index in [4.69, 9.17) is 4.74 Å². The lowest BCUT2D eigenvalue weighted by Gasteiger charge is -2.39. The van der Waals surface area contributed by atoms with Gasteiger partial charge in [0.15, 0.2) is 0 Å². The van der Waals surface area contributed by atoms with Crippen molar-refractivity contribution in [3.63, 3.8) is 0 Å². The molecule has 1 aromatic carbocycles. The lowest BCUT2D eigenvalue weighted by Crippen LogP contribution is -2.50. The summed E-state index contributed by atoms with van der Waals surface area (Å²) >= 11 is 6.96. The third kappa shape index (κ3) is 3.64. The zero-order chi connectivity index (χ0) is 16.6. The van der Waals surface area contributed by atoms with Gasteiger partial charge >= 0.3 is 0 Å². The zero-order valence-corrected chi connectivity index (χ0v) is 16.5. The van der Waals surface area contributed by atoms with Crippen LogP contribution in [0.2, 0.25) is 0 Å². The number of rotatable bonds is 3. The smallest absolute Gasteiger partial charge is 0.241 e. The minimum absolute atomic E-state index is 0.145.